The fraction of sp³-hybridized carbons (Fsp3) is 0.500. The molecular weight excluding hydrogens is 522 g/mol. The first-order chi connectivity index (χ1) is 18.6. The van der Waals surface area contributed by atoms with Gasteiger partial charge in [0.15, 0.2) is 11.5 Å². The van der Waals surface area contributed by atoms with Crippen LogP contribution in [0.5, 0.6) is 17.2 Å². The Kier molecular flexibility index (Phi) is 10.4. The Morgan fingerprint density at radius 3 is 2.15 bits per heavy atom. The second-order valence-corrected chi connectivity index (χ2v) is 11.6. The molecular formula is C28H39N3O7S. The Balaban J connectivity index is 1.90. The van der Waals surface area contributed by atoms with Gasteiger partial charge in [0.1, 0.15) is 18.3 Å². The third-order valence-corrected chi connectivity index (χ3v) is 8.11. The topological polar surface area (TPSA) is 114 Å². The molecule has 2 aromatic rings. The molecule has 0 heterocycles. The van der Waals surface area contributed by atoms with Crippen molar-refractivity contribution in [2.45, 2.75) is 57.7 Å². The lowest BCUT2D eigenvalue weighted by Crippen LogP contribution is -2.52. The molecule has 0 unspecified atom stereocenters. The Labute approximate surface area is 231 Å². The molecule has 0 spiro atoms. The van der Waals surface area contributed by atoms with Crippen LogP contribution < -0.4 is 23.8 Å². The SMILES string of the molecule is COc1ccc(CN(C(=O)CN(c2ccc(OC)c(OC)c2)S(C)(=O)=O)[C@@H](C)C(=O)NC2CCCCC2)cc1. The highest BCUT2D eigenvalue weighted by Gasteiger charge is 2.31. The number of rotatable bonds is 12. The third kappa shape index (κ3) is 8.01. The number of anilines is 1. The Morgan fingerprint density at radius 2 is 1.59 bits per heavy atom. The van der Waals surface area contributed by atoms with E-state index >= 15 is 0 Å². The van der Waals surface area contributed by atoms with Gasteiger partial charge in [-0.3, -0.25) is 13.9 Å². The zero-order valence-electron chi connectivity index (χ0n) is 23.3. The molecule has 1 aliphatic carbocycles. The number of sulfonamides is 1. The van der Waals surface area contributed by atoms with Crippen molar-refractivity contribution in [3.63, 3.8) is 0 Å². The lowest BCUT2D eigenvalue weighted by Gasteiger charge is -2.33. The maximum atomic E-state index is 13.8. The normalized spacial score (nSPS) is 14.7. The molecule has 0 bridgehead atoms. The van der Waals surface area contributed by atoms with Crippen LogP contribution in [0.4, 0.5) is 5.69 Å². The summed E-state index contributed by atoms with van der Waals surface area (Å²) in [5.41, 5.74) is 1.02. The second-order valence-electron chi connectivity index (χ2n) is 9.70. The van der Waals surface area contributed by atoms with Crippen LogP contribution in [-0.4, -0.2) is 71.3 Å². The summed E-state index contributed by atoms with van der Waals surface area (Å²) in [7, 11) is 0.620. The number of amides is 2. The zero-order chi connectivity index (χ0) is 28.6. The van der Waals surface area contributed by atoms with E-state index in [1.54, 1.807) is 38.3 Å². The average Bonchev–Trinajstić information content (AvgIpc) is 2.94. The number of carbonyl (C=O) groups excluding carboxylic acids is 2. The van der Waals surface area contributed by atoms with E-state index in [0.29, 0.717) is 17.2 Å². The highest BCUT2D eigenvalue weighted by molar-refractivity contribution is 7.92. The van der Waals surface area contributed by atoms with Gasteiger partial charge in [0.05, 0.1) is 33.3 Å². The van der Waals surface area contributed by atoms with E-state index in [1.807, 2.05) is 12.1 Å². The maximum Gasteiger partial charge on any atom is 0.244 e. The van der Waals surface area contributed by atoms with Gasteiger partial charge in [-0.05, 0) is 49.6 Å². The van der Waals surface area contributed by atoms with Crippen molar-refractivity contribution in [1.82, 2.24) is 10.2 Å². The van der Waals surface area contributed by atoms with Crippen LogP contribution in [0, 0.1) is 0 Å². The van der Waals surface area contributed by atoms with Crippen LogP contribution in [0.25, 0.3) is 0 Å². The fourth-order valence-corrected chi connectivity index (χ4v) is 5.51. The molecule has 2 aromatic carbocycles. The van der Waals surface area contributed by atoms with Crippen molar-refractivity contribution < 1.29 is 32.2 Å². The van der Waals surface area contributed by atoms with Crippen LogP contribution >= 0.6 is 0 Å². The summed E-state index contributed by atoms with van der Waals surface area (Å²) in [6.45, 7) is 1.29. The van der Waals surface area contributed by atoms with Crippen LogP contribution in [0.2, 0.25) is 0 Å². The van der Waals surface area contributed by atoms with E-state index in [2.05, 4.69) is 5.32 Å². The number of methoxy groups -OCH3 is 3. The van der Waals surface area contributed by atoms with Gasteiger partial charge in [-0.25, -0.2) is 8.42 Å². The van der Waals surface area contributed by atoms with Crippen molar-refractivity contribution >= 4 is 27.5 Å². The van der Waals surface area contributed by atoms with Crippen molar-refractivity contribution in [1.29, 1.82) is 0 Å². The molecule has 0 aromatic heterocycles. The van der Waals surface area contributed by atoms with E-state index < -0.39 is 28.5 Å². The highest BCUT2D eigenvalue weighted by Crippen LogP contribution is 2.32. The molecule has 39 heavy (non-hydrogen) atoms. The van der Waals surface area contributed by atoms with Crippen molar-refractivity contribution in [3.05, 3.63) is 48.0 Å². The van der Waals surface area contributed by atoms with E-state index in [1.165, 1.54) is 25.2 Å². The summed E-state index contributed by atoms with van der Waals surface area (Å²) < 4.78 is 42.5. The van der Waals surface area contributed by atoms with Gasteiger partial charge in [-0.1, -0.05) is 31.4 Å². The number of hydrogen-bond acceptors (Lipinski definition) is 7. The Morgan fingerprint density at radius 1 is 0.949 bits per heavy atom. The number of benzene rings is 2. The summed E-state index contributed by atoms with van der Waals surface area (Å²) in [4.78, 5) is 28.5. The summed E-state index contributed by atoms with van der Waals surface area (Å²) in [6.07, 6.45) is 6.12. The van der Waals surface area contributed by atoms with Crippen molar-refractivity contribution in [2.24, 2.45) is 0 Å². The lowest BCUT2D eigenvalue weighted by atomic mass is 9.95. The predicted octanol–water partition coefficient (Wildman–Crippen LogP) is 3.34. The minimum Gasteiger partial charge on any atom is -0.497 e. The smallest absolute Gasteiger partial charge is 0.244 e. The molecule has 1 fully saturated rings. The Hall–Kier alpha value is -3.47. The van der Waals surface area contributed by atoms with Crippen molar-refractivity contribution in [3.8, 4) is 17.2 Å². The zero-order valence-corrected chi connectivity index (χ0v) is 24.1. The second kappa shape index (κ2) is 13.5. The molecule has 3 rings (SSSR count). The number of nitrogens with zero attached hydrogens (tertiary/aromatic N) is 2. The van der Waals surface area contributed by atoms with Crippen molar-refractivity contribution in [2.75, 3.05) is 38.4 Å². The molecule has 0 saturated heterocycles. The fourth-order valence-electron chi connectivity index (χ4n) is 4.67. The first-order valence-electron chi connectivity index (χ1n) is 13.0. The number of nitrogens with one attached hydrogen (secondary N) is 1. The molecule has 11 heteroatoms. The van der Waals surface area contributed by atoms with Crippen LogP contribution in [0.15, 0.2) is 42.5 Å². The summed E-state index contributed by atoms with van der Waals surface area (Å²) in [5.74, 6) is 0.635. The van der Waals surface area contributed by atoms with Gasteiger partial charge in [0.25, 0.3) is 0 Å². The first-order valence-corrected chi connectivity index (χ1v) is 14.8. The molecule has 214 valence electrons. The number of ether oxygens (including phenoxy) is 3. The van der Waals surface area contributed by atoms with E-state index in [-0.39, 0.29) is 24.2 Å². The molecule has 1 atom stereocenters. The molecule has 1 N–H and O–H groups in total. The minimum atomic E-state index is -3.87. The quantitative estimate of drug-likeness (QED) is 0.423. The average molecular weight is 562 g/mol. The van der Waals surface area contributed by atoms with E-state index in [9.17, 15) is 18.0 Å². The number of hydrogen-bond donors (Lipinski definition) is 1. The summed E-state index contributed by atoms with van der Waals surface area (Å²) in [6, 6.07) is 11.0. The Bertz CT molecular complexity index is 1230. The predicted molar refractivity (Wildman–Crippen MR) is 150 cm³/mol. The molecule has 10 nitrogen and oxygen atoms in total. The molecule has 0 radical (unpaired) electrons. The summed E-state index contributed by atoms with van der Waals surface area (Å²) in [5, 5.41) is 3.09. The van der Waals surface area contributed by atoms with Gasteiger partial charge in [0, 0.05) is 18.7 Å². The van der Waals surface area contributed by atoms with Gasteiger partial charge >= 0.3 is 0 Å². The molecule has 2 amide bonds. The van der Waals surface area contributed by atoms with Crippen LogP contribution in [0.3, 0.4) is 0 Å². The maximum absolute atomic E-state index is 13.8. The molecule has 1 aliphatic rings. The van der Waals surface area contributed by atoms with Crippen LogP contribution in [0.1, 0.15) is 44.6 Å². The highest BCUT2D eigenvalue weighted by atomic mass is 32.2. The number of carbonyl (C=O) groups is 2. The molecule has 1 saturated carbocycles. The van der Waals surface area contributed by atoms with Gasteiger partial charge < -0.3 is 24.4 Å². The monoisotopic (exact) mass is 561 g/mol. The third-order valence-electron chi connectivity index (χ3n) is 6.97. The largest absolute Gasteiger partial charge is 0.497 e. The van der Waals surface area contributed by atoms with Gasteiger partial charge in [-0.2, -0.15) is 0 Å². The van der Waals surface area contributed by atoms with E-state index in [4.69, 9.17) is 14.2 Å². The van der Waals surface area contributed by atoms with Crippen LogP contribution in [-0.2, 0) is 26.2 Å². The molecule has 0 aliphatic heterocycles. The minimum absolute atomic E-state index is 0.0749. The summed E-state index contributed by atoms with van der Waals surface area (Å²) >= 11 is 0. The first kappa shape index (κ1) is 30.1. The van der Waals surface area contributed by atoms with Gasteiger partial charge in [-0.15, -0.1) is 0 Å². The standard InChI is InChI=1S/C28H39N3O7S/c1-20(28(33)29-22-9-7-6-8-10-22)30(18-21-11-14-24(36-2)15-12-21)27(32)19-31(39(5,34)35)23-13-16-25(37-3)26(17-23)38-4/h11-17,20,22H,6-10,18-19H2,1-5H3,(H,29,33)/t20-/m0/s1. The van der Waals surface area contributed by atoms with E-state index in [0.717, 1.165) is 48.2 Å². The lowest BCUT2D eigenvalue weighted by molar-refractivity contribution is -0.139. The van der Waals surface area contributed by atoms with Gasteiger partial charge in [0.2, 0.25) is 21.8 Å².